The minimum atomic E-state index is -0.120. The summed E-state index contributed by atoms with van der Waals surface area (Å²) in [5.74, 6) is 0.918. The average Bonchev–Trinajstić information content (AvgIpc) is 2.80. The van der Waals surface area contributed by atoms with Crippen molar-refractivity contribution in [1.29, 1.82) is 0 Å². The van der Waals surface area contributed by atoms with Gasteiger partial charge in [0.15, 0.2) is 6.23 Å². The molecule has 0 fully saturated rings. The van der Waals surface area contributed by atoms with Gasteiger partial charge < -0.3 is 20.1 Å². The summed E-state index contributed by atoms with van der Waals surface area (Å²) < 4.78 is 5.81. The van der Waals surface area contributed by atoms with Gasteiger partial charge in [0.25, 0.3) is 0 Å². The minimum absolute atomic E-state index is 0.0412. The van der Waals surface area contributed by atoms with E-state index in [1.54, 1.807) is 12.1 Å². The maximum Gasteiger partial charge on any atom is 0.234 e. The van der Waals surface area contributed by atoms with Crippen LogP contribution in [0, 0.1) is 0 Å². The van der Waals surface area contributed by atoms with Crippen molar-refractivity contribution in [3.63, 3.8) is 0 Å². The fraction of sp³-hybridized carbons (Fsp3) is 0.562. The Morgan fingerprint density at radius 3 is 2.82 bits per heavy atom. The molecule has 0 aliphatic carbocycles. The third-order valence-corrected chi connectivity index (χ3v) is 3.99. The first-order valence-electron chi connectivity index (χ1n) is 7.76. The molecule has 1 aromatic carbocycles. The van der Waals surface area contributed by atoms with E-state index < -0.39 is 0 Å². The quantitative estimate of drug-likeness (QED) is 0.797. The summed E-state index contributed by atoms with van der Waals surface area (Å²) in [7, 11) is 1.95. The highest BCUT2D eigenvalue weighted by atomic mass is 16.5. The maximum absolute atomic E-state index is 11.8. The second-order valence-electron chi connectivity index (χ2n) is 5.44. The topological polar surface area (TPSA) is 65.0 Å². The van der Waals surface area contributed by atoms with E-state index in [2.05, 4.69) is 10.2 Å². The van der Waals surface area contributed by atoms with Crippen molar-refractivity contribution in [2.45, 2.75) is 26.5 Å². The molecule has 0 aromatic heterocycles. The normalized spacial score (nSPS) is 16.5. The molecule has 1 aromatic rings. The third kappa shape index (κ3) is 3.82. The van der Waals surface area contributed by atoms with E-state index in [1.807, 2.05) is 31.9 Å². The predicted octanol–water partition coefficient (Wildman–Crippen LogP) is 1.40. The van der Waals surface area contributed by atoms with Gasteiger partial charge in [-0.1, -0.05) is 13.8 Å². The van der Waals surface area contributed by atoms with Crippen LogP contribution in [-0.2, 0) is 4.79 Å². The van der Waals surface area contributed by atoms with Crippen LogP contribution in [0.1, 0.15) is 20.3 Å². The Morgan fingerprint density at radius 1 is 1.41 bits per heavy atom. The lowest BCUT2D eigenvalue weighted by Gasteiger charge is -2.21. The lowest BCUT2D eigenvalue weighted by atomic mass is 10.2. The summed E-state index contributed by atoms with van der Waals surface area (Å²) in [4.78, 5) is 15.9. The van der Waals surface area contributed by atoms with Gasteiger partial charge in [-0.25, -0.2) is 0 Å². The van der Waals surface area contributed by atoms with Crippen LogP contribution in [0.5, 0.6) is 11.5 Å². The van der Waals surface area contributed by atoms with Crippen LogP contribution in [0.25, 0.3) is 0 Å². The lowest BCUT2D eigenvalue weighted by Crippen LogP contribution is -2.40. The highest BCUT2D eigenvalue weighted by Gasteiger charge is 2.27. The Morgan fingerprint density at radius 2 is 2.14 bits per heavy atom. The molecular formula is C16H25N3O3. The van der Waals surface area contributed by atoms with Crippen molar-refractivity contribution in [2.75, 3.05) is 38.1 Å². The molecule has 0 saturated carbocycles. The molecule has 1 heterocycles. The number of carbonyl (C=O) groups is 1. The summed E-state index contributed by atoms with van der Waals surface area (Å²) in [6, 6.07) is 5.10. The summed E-state index contributed by atoms with van der Waals surface area (Å²) in [5.41, 5.74) is 0.956. The van der Waals surface area contributed by atoms with Crippen LogP contribution in [0.15, 0.2) is 18.2 Å². The first kappa shape index (κ1) is 16.4. The summed E-state index contributed by atoms with van der Waals surface area (Å²) in [6.45, 7) is 6.83. The van der Waals surface area contributed by atoms with E-state index in [0.29, 0.717) is 25.3 Å². The van der Waals surface area contributed by atoms with E-state index >= 15 is 0 Å². The monoisotopic (exact) mass is 307 g/mol. The number of carbonyl (C=O) groups excluding carboxylic acids is 1. The van der Waals surface area contributed by atoms with Gasteiger partial charge in [0.1, 0.15) is 11.5 Å². The molecule has 1 unspecified atom stereocenters. The van der Waals surface area contributed by atoms with E-state index in [4.69, 9.17) is 4.74 Å². The summed E-state index contributed by atoms with van der Waals surface area (Å²) >= 11 is 0. The van der Waals surface area contributed by atoms with E-state index in [9.17, 15) is 9.90 Å². The molecule has 1 amide bonds. The van der Waals surface area contributed by atoms with Crippen LogP contribution < -0.4 is 15.0 Å². The predicted molar refractivity (Wildman–Crippen MR) is 86.3 cm³/mol. The van der Waals surface area contributed by atoms with E-state index in [-0.39, 0.29) is 17.9 Å². The zero-order valence-electron chi connectivity index (χ0n) is 13.5. The number of benzene rings is 1. The average molecular weight is 307 g/mol. The number of hydrogen-bond donors (Lipinski definition) is 2. The van der Waals surface area contributed by atoms with E-state index in [1.165, 1.54) is 0 Å². The van der Waals surface area contributed by atoms with Crippen molar-refractivity contribution in [1.82, 2.24) is 10.2 Å². The van der Waals surface area contributed by atoms with Crippen LogP contribution in [-0.4, -0.2) is 55.4 Å². The fourth-order valence-electron chi connectivity index (χ4n) is 2.56. The highest BCUT2D eigenvalue weighted by molar-refractivity contribution is 5.78. The molecule has 0 saturated heterocycles. The molecule has 1 aliphatic heterocycles. The number of amides is 1. The second kappa shape index (κ2) is 7.35. The number of likely N-dealkylation sites (N-methyl/N-ethyl adjacent to an activating group) is 1. The molecule has 6 nitrogen and oxygen atoms in total. The van der Waals surface area contributed by atoms with Crippen LogP contribution in [0.4, 0.5) is 5.69 Å². The van der Waals surface area contributed by atoms with Gasteiger partial charge in [-0.15, -0.1) is 0 Å². The molecule has 2 rings (SSSR count). The van der Waals surface area contributed by atoms with Gasteiger partial charge in [0.05, 0.1) is 12.2 Å². The Balaban J connectivity index is 1.78. The van der Waals surface area contributed by atoms with Gasteiger partial charge in [-0.05, 0) is 25.2 Å². The number of rotatable bonds is 7. The standard InChI is InChI=1S/C16H25N3O3/c1-4-19(5-2)11-15(21)17-9-8-16-18(3)13-7-6-12(20)10-14(13)22-16/h6-7,10,16,20H,4-5,8-9,11H2,1-3H3,(H,17,21). The fourth-order valence-corrected chi connectivity index (χ4v) is 2.56. The van der Waals surface area contributed by atoms with Crippen LogP contribution >= 0.6 is 0 Å². The number of anilines is 1. The van der Waals surface area contributed by atoms with Crippen molar-refractivity contribution < 1.29 is 14.6 Å². The van der Waals surface area contributed by atoms with Crippen molar-refractivity contribution in [3.05, 3.63) is 18.2 Å². The SMILES string of the molecule is CCN(CC)CC(=O)NCCC1Oc2cc(O)ccc2N1C. The summed E-state index contributed by atoms with van der Waals surface area (Å²) in [6.07, 6.45) is 0.571. The number of fused-ring (bicyclic) bond motifs is 1. The number of nitrogens with zero attached hydrogens (tertiary/aromatic N) is 2. The van der Waals surface area contributed by atoms with Gasteiger partial charge in [0.2, 0.25) is 5.91 Å². The molecule has 1 aliphatic rings. The lowest BCUT2D eigenvalue weighted by molar-refractivity contribution is -0.122. The molecule has 2 N–H and O–H groups in total. The van der Waals surface area contributed by atoms with Gasteiger partial charge in [0, 0.05) is 26.1 Å². The van der Waals surface area contributed by atoms with Crippen LogP contribution in [0.2, 0.25) is 0 Å². The largest absolute Gasteiger partial charge is 0.508 e. The van der Waals surface area contributed by atoms with Crippen molar-refractivity contribution >= 4 is 11.6 Å². The molecule has 122 valence electrons. The first-order chi connectivity index (χ1) is 10.5. The summed E-state index contributed by atoms with van der Waals surface area (Å²) in [5, 5.41) is 12.4. The molecule has 0 spiro atoms. The molecule has 1 atom stereocenters. The number of ether oxygens (including phenoxy) is 1. The Kier molecular flexibility index (Phi) is 5.49. The maximum atomic E-state index is 11.8. The highest BCUT2D eigenvalue weighted by Crippen LogP contribution is 2.38. The number of nitrogens with one attached hydrogen (secondary N) is 1. The number of aromatic hydroxyl groups is 1. The minimum Gasteiger partial charge on any atom is -0.508 e. The second-order valence-corrected chi connectivity index (χ2v) is 5.44. The zero-order valence-corrected chi connectivity index (χ0v) is 13.5. The van der Waals surface area contributed by atoms with Crippen LogP contribution in [0.3, 0.4) is 0 Å². The first-order valence-corrected chi connectivity index (χ1v) is 7.76. The third-order valence-electron chi connectivity index (χ3n) is 3.99. The zero-order chi connectivity index (χ0) is 16.1. The van der Waals surface area contributed by atoms with E-state index in [0.717, 1.165) is 18.8 Å². The van der Waals surface area contributed by atoms with Crippen molar-refractivity contribution in [3.8, 4) is 11.5 Å². The molecular weight excluding hydrogens is 282 g/mol. The Labute approximate surface area is 131 Å². The molecule has 6 heteroatoms. The van der Waals surface area contributed by atoms with Gasteiger partial charge in [-0.2, -0.15) is 0 Å². The smallest absolute Gasteiger partial charge is 0.234 e. The molecule has 22 heavy (non-hydrogen) atoms. The Hall–Kier alpha value is -1.95. The van der Waals surface area contributed by atoms with Gasteiger partial charge >= 0.3 is 0 Å². The molecule has 0 bridgehead atoms. The van der Waals surface area contributed by atoms with Crippen molar-refractivity contribution in [2.24, 2.45) is 0 Å². The van der Waals surface area contributed by atoms with Gasteiger partial charge in [-0.3, -0.25) is 9.69 Å². The number of phenols is 1. The number of hydrogen-bond acceptors (Lipinski definition) is 5. The Bertz CT molecular complexity index is 517. The molecule has 0 radical (unpaired) electrons. The number of phenolic OH excluding ortho intramolecular Hbond substituents is 1.